The number of hydrogen-bond acceptors (Lipinski definition) is 3. The van der Waals surface area contributed by atoms with Crippen LogP contribution in [0.25, 0.3) is 11.0 Å². The molecule has 20 heavy (non-hydrogen) atoms. The van der Waals surface area contributed by atoms with E-state index in [9.17, 15) is 5.11 Å². The number of fused-ring (bicyclic) bond motifs is 1. The molecule has 2 atom stereocenters. The average Bonchev–Trinajstić information content (AvgIpc) is 2.84. The van der Waals surface area contributed by atoms with Crippen molar-refractivity contribution in [3.63, 3.8) is 0 Å². The quantitative estimate of drug-likeness (QED) is 0.764. The van der Waals surface area contributed by atoms with Gasteiger partial charge in [-0.05, 0) is 37.1 Å². The smallest absolute Gasteiger partial charge is 0.0955 e. The van der Waals surface area contributed by atoms with E-state index in [1.165, 1.54) is 6.42 Å². The van der Waals surface area contributed by atoms with Crippen LogP contribution < -0.4 is 5.32 Å². The molecule has 0 aliphatic rings. The third-order valence-corrected chi connectivity index (χ3v) is 3.85. The minimum atomic E-state index is -0.483. The number of nitrogens with one attached hydrogen (secondary N) is 1. The molecule has 2 N–H and O–H groups in total. The summed E-state index contributed by atoms with van der Waals surface area (Å²) in [6.07, 6.45) is 4.54. The van der Waals surface area contributed by atoms with Crippen LogP contribution in [0.5, 0.6) is 0 Å². The molecule has 0 fully saturated rings. The molecule has 2 aromatic rings. The maximum Gasteiger partial charge on any atom is 0.0955 e. The zero-order valence-electron chi connectivity index (χ0n) is 12.6. The molecule has 0 saturated heterocycles. The van der Waals surface area contributed by atoms with Crippen LogP contribution in [0.4, 0.5) is 0 Å². The van der Waals surface area contributed by atoms with E-state index in [4.69, 9.17) is 0 Å². The summed E-state index contributed by atoms with van der Waals surface area (Å²) in [6.45, 7) is 5.23. The highest BCUT2D eigenvalue weighted by atomic mass is 16.3. The van der Waals surface area contributed by atoms with Crippen LogP contribution >= 0.6 is 0 Å². The van der Waals surface area contributed by atoms with Crippen molar-refractivity contribution < 1.29 is 5.11 Å². The number of imidazole rings is 1. The summed E-state index contributed by atoms with van der Waals surface area (Å²) in [5.41, 5.74) is 2.97. The summed E-state index contributed by atoms with van der Waals surface area (Å²) in [4.78, 5) is 4.35. The number of rotatable bonds is 7. The molecular formula is C16H25N3O. The van der Waals surface area contributed by atoms with E-state index >= 15 is 0 Å². The van der Waals surface area contributed by atoms with Gasteiger partial charge in [0.15, 0.2) is 0 Å². The summed E-state index contributed by atoms with van der Waals surface area (Å²) >= 11 is 0. The van der Waals surface area contributed by atoms with Gasteiger partial charge in [0.05, 0.1) is 23.5 Å². The molecule has 4 nitrogen and oxygen atoms in total. The first-order valence-corrected chi connectivity index (χ1v) is 7.49. The Labute approximate surface area is 120 Å². The van der Waals surface area contributed by atoms with Crippen molar-refractivity contribution in [3.8, 4) is 0 Å². The van der Waals surface area contributed by atoms with Gasteiger partial charge in [-0.3, -0.25) is 0 Å². The molecule has 2 rings (SSSR count). The Morgan fingerprint density at radius 3 is 2.85 bits per heavy atom. The Kier molecular flexibility index (Phi) is 5.15. The van der Waals surface area contributed by atoms with Gasteiger partial charge >= 0.3 is 0 Å². The Bertz CT molecular complexity index is 550. The first kappa shape index (κ1) is 15.0. The zero-order valence-corrected chi connectivity index (χ0v) is 12.6. The molecular weight excluding hydrogens is 250 g/mol. The lowest BCUT2D eigenvalue weighted by molar-refractivity contribution is 0.126. The fourth-order valence-corrected chi connectivity index (χ4v) is 2.51. The van der Waals surface area contributed by atoms with Crippen LogP contribution in [-0.4, -0.2) is 27.2 Å². The molecule has 0 aliphatic carbocycles. The summed E-state index contributed by atoms with van der Waals surface area (Å²) in [6, 6.07) is 6.12. The molecule has 110 valence electrons. The van der Waals surface area contributed by atoms with Crippen molar-refractivity contribution in [2.75, 3.05) is 6.54 Å². The Hall–Kier alpha value is -1.39. The van der Waals surface area contributed by atoms with Crippen molar-refractivity contribution >= 4 is 11.0 Å². The van der Waals surface area contributed by atoms with Crippen LogP contribution in [0.1, 0.15) is 44.8 Å². The van der Waals surface area contributed by atoms with Gasteiger partial charge < -0.3 is 15.0 Å². The number of unbranched alkanes of at least 4 members (excludes halogenated alkanes) is 1. The van der Waals surface area contributed by atoms with E-state index in [-0.39, 0.29) is 6.04 Å². The average molecular weight is 275 g/mol. The Morgan fingerprint density at radius 2 is 2.15 bits per heavy atom. The van der Waals surface area contributed by atoms with Crippen LogP contribution in [-0.2, 0) is 7.05 Å². The van der Waals surface area contributed by atoms with Crippen molar-refractivity contribution in [1.29, 1.82) is 0 Å². The SMILES string of the molecule is CCCCNC(CC)C(O)c1ccc2c(c1)ncn2C. The maximum absolute atomic E-state index is 10.5. The van der Waals surface area contributed by atoms with Crippen LogP contribution in [0, 0.1) is 0 Å². The lowest BCUT2D eigenvalue weighted by Gasteiger charge is -2.23. The van der Waals surface area contributed by atoms with Crippen LogP contribution in [0.2, 0.25) is 0 Å². The molecule has 1 aromatic heterocycles. The monoisotopic (exact) mass is 275 g/mol. The summed E-state index contributed by atoms with van der Waals surface area (Å²) in [5.74, 6) is 0. The fraction of sp³-hybridized carbons (Fsp3) is 0.562. The van der Waals surface area contributed by atoms with Gasteiger partial charge in [0.2, 0.25) is 0 Å². The normalized spacial score (nSPS) is 14.6. The number of aryl methyl sites for hydroxylation is 1. The standard InChI is InChI=1S/C16H25N3O/c1-4-6-9-17-13(5-2)16(20)12-7-8-15-14(10-12)18-11-19(15)3/h7-8,10-11,13,16-17,20H,4-6,9H2,1-3H3. The molecule has 0 radical (unpaired) electrons. The number of hydrogen-bond donors (Lipinski definition) is 2. The molecule has 1 aromatic carbocycles. The molecule has 4 heteroatoms. The highest BCUT2D eigenvalue weighted by Gasteiger charge is 2.19. The summed E-state index contributed by atoms with van der Waals surface area (Å²) < 4.78 is 1.99. The van der Waals surface area contributed by atoms with E-state index in [0.29, 0.717) is 0 Å². The summed E-state index contributed by atoms with van der Waals surface area (Å²) in [5, 5.41) is 14.0. The molecule has 0 saturated carbocycles. The van der Waals surface area contributed by atoms with Gasteiger partial charge in [-0.1, -0.05) is 26.3 Å². The molecule has 0 spiro atoms. The van der Waals surface area contributed by atoms with Crippen molar-refractivity contribution in [1.82, 2.24) is 14.9 Å². The van der Waals surface area contributed by atoms with Crippen molar-refractivity contribution in [2.24, 2.45) is 7.05 Å². The van der Waals surface area contributed by atoms with E-state index in [2.05, 4.69) is 24.1 Å². The molecule has 0 aliphatic heterocycles. The number of benzene rings is 1. The minimum absolute atomic E-state index is 0.0997. The van der Waals surface area contributed by atoms with E-state index < -0.39 is 6.10 Å². The zero-order chi connectivity index (χ0) is 14.5. The third-order valence-electron chi connectivity index (χ3n) is 3.85. The van der Waals surface area contributed by atoms with E-state index in [0.717, 1.165) is 36.0 Å². The third kappa shape index (κ3) is 3.19. The second-order valence-electron chi connectivity index (χ2n) is 5.37. The van der Waals surface area contributed by atoms with Crippen LogP contribution in [0.3, 0.4) is 0 Å². The first-order valence-electron chi connectivity index (χ1n) is 7.49. The Morgan fingerprint density at radius 1 is 1.35 bits per heavy atom. The molecule has 2 unspecified atom stereocenters. The predicted molar refractivity (Wildman–Crippen MR) is 82.7 cm³/mol. The number of aliphatic hydroxyl groups excluding tert-OH is 1. The second-order valence-corrected chi connectivity index (χ2v) is 5.37. The highest BCUT2D eigenvalue weighted by molar-refractivity contribution is 5.76. The topological polar surface area (TPSA) is 50.1 Å². The first-order chi connectivity index (χ1) is 9.67. The van der Waals surface area contributed by atoms with Gasteiger partial charge in [-0.2, -0.15) is 0 Å². The molecule has 0 bridgehead atoms. The van der Waals surface area contributed by atoms with Crippen LogP contribution in [0.15, 0.2) is 24.5 Å². The molecule has 1 heterocycles. The van der Waals surface area contributed by atoms with Gasteiger partial charge in [0.1, 0.15) is 0 Å². The van der Waals surface area contributed by atoms with E-state index in [1.807, 2.05) is 29.8 Å². The summed E-state index contributed by atoms with van der Waals surface area (Å²) in [7, 11) is 1.98. The second kappa shape index (κ2) is 6.86. The Balaban J connectivity index is 2.13. The number of aromatic nitrogens is 2. The van der Waals surface area contributed by atoms with Crippen molar-refractivity contribution in [2.45, 2.75) is 45.3 Å². The minimum Gasteiger partial charge on any atom is -0.387 e. The molecule has 0 amide bonds. The van der Waals surface area contributed by atoms with Gasteiger partial charge in [-0.25, -0.2) is 4.98 Å². The number of nitrogens with zero attached hydrogens (tertiary/aromatic N) is 2. The predicted octanol–water partition coefficient (Wildman–Crippen LogP) is 2.78. The van der Waals surface area contributed by atoms with Gasteiger partial charge in [-0.15, -0.1) is 0 Å². The van der Waals surface area contributed by atoms with E-state index in [1.54, 1.807) is 6.33 Å². The maximum atomic E-state index is 10.5. The fourth-order valence-electron chi connectivity index (χ4n) is 2.51. The highest BCUT2D eigenvalue weighted by Crippen LogP contribution is 2.23. The lowest BCUT2D eigenvalue weighted by Crippen LogP contribution is -2.35. The van der Waals surface area contributed by atoms with Gasteiger partial charge in [0, 0.05) is 13.1 Å². The number of aliphatic hydroxyl groups is 1. The lowest BCUT2D eigenvalue weighted by atomic mass is 9.99. The van der Waals surface area contributed by atoms with Crippen molar-refractivity contribution in [3.05, 3.63) is 30.1 Å². The largest absolute Gasteiger partial charge is 0.387 e. The van der Waals surface area contributed by atoms with Gasteiger partial charge in [0.25, 0.3) is 0 Å².